The molecule has 1 rings (SSSR count). The summed E-state index contributed by atoms with van der Waals surface area (Å²) < 4.78 is 26.4. The topological polar surface area (TPSA) is 66.4 Å². The van der Waals surface area contributed by atoms with Gasteiger partial charge in [0.2, 0.25) is 10.0 Å². The van der Waals surface area contributed by atoms with E-state index in [0.717, 1.165) is 6.42 Å². The van der Waals surface area contributed by atoms with Gasteiger partial charge >= 0.3 is 0 Å². The first-order chi connectivity index (χ1) is 8.45. The van der Waals surface area contributed by atoms with Crippen LogP contribution in [0.2, 0.25) is 5.02 Å². The first-order valence-corrected chi connectivity index (χ1v) is 7.68. The van der Waals surface area contributed by atoms with E-state index in [9.17, 15) is 8.42 Å². The normalized spacial score (nSPS) is 13.5. The Bertz CT molecular complexity index is 459. The van der Waals surface area contributed by atoms with Gasteiger partial charge in [-0.1, -0.05) is 18.5 Å². The van der Waals surface area contributed by atoms with Crippen LogP contribution in [0.4, 0.5) is 0 Å². The molecule has 1 atom stereocenters. The maximum Gasteiger partial charge on any atom is 0.240 e. The summed E-state index contributed by atoms with van der Waals surface area (Å²) in [5.74, 6) is 0.194. The zero-order valence-electron chi connectivity index (χ0n) is 10.3. The number of hydrogen-bond acceptors (Lipinski definition) is 3. The highest BCUT2D eigenvalue weighted by molar-refractivity contribution is 7.89. The predicted octanol–water partition coefficient (Wildman–Crippen LogP) is 2.03. The van der Waals surface area contributed by atoms with Gasteiger partial charge in [-0.25, -0.2) is 13.1 Å². The molecule has 0 aliphatic rings. The molecule has 0 aromatic heterocycles. The summed E-state index contributed by atoms with van der Waals surface area (Å²) >= 11 is 5.71. The van der Waals surface area contributed by atoms with E-state index in [4.69, 9.17) is 16.7 Å². The van der Waals surface area contributed by atoms with Crippen molar-refractivity contribution in [3.05, 3.63) is 29.3 Å². The van der Waals surface area contributed by atoms with Gasteiger partial charge in [0.1, 0.15) is 0 Å². The standard InChI is InChI=1S/C12H18ClNO3S/c1-10(3-2-8-15)9-14-18(16,17)12-6-4-11(13)5-7-12/h4-7,10,14-15H,2-3,8-9H2,1H3/t10-/m0/s1. The van der Waals surface area contributed by atoms with Crippen LogP contribution in [-0.2, 0) is 10.0 Å². The molecule has 0 radical (unpaired) electrons. The lowest BCUT2D eigenvalue weighted by Crippen LogP contribution is -2.28. The van der Waals surface area contributed by atoms with E-state index in [1.807, 2.05) is 6.92 Å². The molecular weight excluding hydrogens is 274 g/mol. The van der Waals surface area contributed by atoms with Gasteiger partial charge in [-0.3, -0.25) is 0 Å². The average molecular weight is 292 g/mol. The fourth-order valence-electron chi connectivity index (χ4n) is 1.49. The smallest absolute Gasteiger partial charge is 0.240 e. The first-order valence-electron chi connectivity index (χ1n) is 5.82. The molecule has 1 aromatic carbocycles. The van der Waals surface area contributed by atoms with Gasteiger partial charge in [0.15, 0.2) is 0 Å². The summed E-state index contributed by atoms with van der Waals surface area (Å²) in [5.41, 5.74) is 0. The van der Waals surface area contributed by atoms with Gasteiger partial charge in [-0.2, -0.15) is 0 Å². The summed E-state index contributed by atoms with van der Waals surface area (Å²) in [4.78, 5) is 0.209. The molecule has 6 heteroatoms. The minimum Gasteiger partial charge on any atom is -0.396 e. The van der Waals surface area contributed by atoms with Crippen molar-refractivity contribution >= 4 is 21.6 Å². The van der Waals surface area contributed by atoms with Crippen molar-refractivity contribution in [2.75, 3.05) is 13.2 Å². The van der Waals surface area contributed by atoms with Gasteiger partial charge in [-0.15, -0.1) is 0 Å². The van der Waals surface area contributed by atoms with Gasteiger partial charge < -0.3 is 5.11 Å². The Morgan fingerprint density at radius 2 is 1.94 bits per heavy atom. The van der Waals surface area contributed by atoms with Crippen LogP contribution in [0.25, 0.3) is 0 Å². The van der Waals surface area contributed by atoms with Crippen LogP contribution in [0.1, 0.15) is 19.8 Å². The van der Waals surface area contributed by atoms with E-state index in [1.165, 1.54) is 12.1 Å². The van der Waals surface area contributed by atoms with Crippen molar-refractivity contribution < 1.29 is 13.5 Å². The second-order valence-electron chi connectivity index (χ2n) is 4.28. The molecule has 0 spiro atoms. The van der Waals surface area contributed by atoms with Gasteiger partial charge in [0.05, 0.1) is 4.90 Å². The summed E-state index contributed by atoms with van der Waals surface area (Å²) in [7, 11) is -3.47. The Morgan fingerprint density at radius 1 is 1.33 bits per heavy atom. The van der Waals surface area contributed by atoms with Crippen LogP contribution in [0.5, 0.6) is 0 Å². The van der Waals surface area contributed by atoms with Crippen LogP contribution in [-0.4, -0.2) is 26.7 Å². The Morgan fingerprint density at radius 3 is 2.50 bits per heavy atom. The van der Waals surface area contributed by atoms with Crippen molar-refractivity contribution in [3.8, 4) is 0 Å². The zero-order chi connectivity index (χ0) is 13.6. The highest BCUT2D eigenvalue weighted by atomic mass is 35.5. The van der Waals surface area contributed by atoms with E-state index >= 15 is 0 Å². The second-order valence-corrected chi connectivity index (χ2v) is 6.48. The van der Waals surface area contributed by atoms with Crippen molar-refractivity contribution in [3.63, 3.8) is 0 Å². The van der Waals surface area contributed by atoms with Gasteiger partial charge in [0.25, 0.3) is 0 Å². The third-order valence-electron chi connectivity index (χ3n) is 2.60. The van der Waals surface area contributed by atoms with E-state index in [2.05, 4.69) is 4.72 Å². The molecule has 0 saturated heterocycles. The molecular formula is C12H18ClNO3S. The quantitative estimate of drug-likeness (QED) is 0.808. The number of halogens is 1. The molecule has 2 N–H and O–H groups in total. The van der Waals surface area contributed by atoms with Crippen molar-refractivity contribution in [1.29, 1.82) is 0 Å². The molecule has 0 bridgehead atoms. The summed E-state index contributed by atoms with van der Waals surface area (Å²) in [6.45, 7) is 2.44. The molecule has 1 aromatic rings. The number of sulfonamides is 1. The van der Waals surface area contributed by atoms with Gasteiger partial charge in [-0.05, 0) is 43.0 Å². The minimum atomic E-state index is -3.47. The third kappa shape index (κ3) is 4.94. The van der Waals surface area contributed by atoms with Crippen LogP contribution in [0, 0.1) is 5.92 Å². The summed E-state index contributed by atoms with van der Waals surface area (Å²) in [6.07, 6.45) is 1.48. The maximum absolute atomic E-state index is 11.9. The molecule has 0 saturated carbocycles. The van der Waals surface area contributed by atoms with E-state index in [-0.39, 0.29) is 17.4 Å². The number of aliphatic hydroxyl groups is 1. The number of aliphatic hydroxyl groups excluding tert-OH is 1. The maximum atomic E-state index is 11.9. The minimum absolute atomic E-state index is 0.133. The van der Waals surface area contributed by atoms with Crippen molar-refractivity contribution in [2.24, 2.45) is 5.92 Å². The Labute approximate surface area is 113 Å². The lowest BCUT2D eigenvalue weighted by atomic mass is 10.1. The fraction of sp³-hybridized carbons (Fsp3) is 0.500. The molecule has 0 heterocycles. The summed E-state index contributed by atoms with van der Waals surface area (Å²) in [5, 5.41) is 9.20. The molecule has 102 valence electrons. The Hall–Kier alpha value is -0.620. The lowest BCUT2D eigenvalue weighted by molar-refractivity contribution is 0.274. The summed E-state index contributed by atoms with van der Waals surface area (Å²) in [6, 6.07) is 6.04. The Balaban J connectivity index is 2.57. The third-order valence-corrected chi connectivity index (χ3v) is 4.29. The number of hydrogen-bond donors (Lipinski definition) is 2. The highest BCUT2D eigenvalue weighted by Crippen LogP contribution is 2.14. The Kier molecular flexibility index (Phi) is 6.08. The van der Waals surface area contributed by atoms with Crippen molar-refractivity contribution in [2.45, 2.75) is 24.7 Å². The van der Waals surface area contributed by atoms with Gasteiger partial charge in [0, 0.05) is 18.2 Å². The van der Waals surface area contributed by atoms with Crippen LogP contribution >= 0.6 is 11.6 Å². The van der Waals surface area contributed by atoms with E-state index in [0.29, 0.717) is 18.0 Å². The molecule has 4 nitrogen and oxygen atoms in total. The zero-order valence-corrected chi connectivity index (χ0v) is 11.8. The van der Waals surface area contributed by atoms with E-state index < -0.39 is 10.0 Å². The average Bonchev–Trinajstić information content (AvgIpc) is 2.34. The number of benzene rings is 1. The number of rotatable bonds is 7. The molecule has 0 amide bonds. The monoisotopic (exact) mass is 291 g/mol. The SMILES string of the molecule is C[C@@H](CCCO)CNS(=O)(=O)c1ccc(Cl)cc1. The second kappa shape index (κ2) is 7.09. The first kappa shape index (κ1) is 15.4. The molecule has 0 fully saturated rings. The van der Waals surface area contributed by atoms with Crippen LogP contribution in [0.15, 0.2) is 29.2 Å². The molecule has 0 unspecified atom stereocenters. The lowest BCUT2D eigenvalue weighted by Gasteiger charge is -2.12. The highest BCUT2D eigenvalue weighted by Gasteiger charge is 2.14. The fourth-order valence-corrected chi connectivity index (χ4v) is 2.78. The van der Waals surface area contributed by atoms with Crippen LogP contribution in [0.3, 0.4) is 0 Å². The number of nitrogens with one attached hydrogen (secondary N) is 1. The van der Waals surface area contributed by atoms with Crippen molar-refractivity contribution in [1.82, 2.24) is 4.72 Å². The molecule has 18 heavy (non-hydrogen) atoms. The van der Waals surface area contributed by atoms with Crippen LogP contribution < -0.4 is 4.72 Å². The predicted molar refractivity (Wildman–Crippen MR) is 72.1 cm³/mol. The molecule has 0 aliphatic heterocycles. The molecule has 0 aliphatic carbocycles. The largest absolute Gasteiger partial charge is 0.396 e. The van der Waals surface area contributed by atoms with E-state index in [1.54, 1.807) is 12.1 Å².